The third kappa shape index (κ3) is 7.29. The zero-order valence-corrected chi connectivity index (χ0v) is 15.6. The van der Waals surface area contributed by atoms with Crippen molar-refractivity contribution in [1.82, 2.24) is 0 Å². The monoisotopic (exact) mass is 346 g/mol. The number of benzene rings is 1. The number of carbonyl (C=O) groups excluding carboxylic acids is 2. The van der Waals surface area contributed by atoms with Crippen LogP contribution >= 0.6 is 0 Å². The highest BCUT2D eigenvalue weighted by Gasteiger charge is 2.30. The molecule has 0 spiro atoms. The Balaban J connectivity index is 1.94. The minimum atomic E-state index is -0.539. The van der Waals surface area contributed by atoms with Crippen molar-refractivity contribution in [3.63, 3.8) is 0 Å². The Morgan fingerprint density at radius 3 is 2.36 bits per heavy atom. The van der Waals surface area contributed by atoms with Gasteiger partial charge in [0.25, 0.3) is 0 Å². The summed E-state index contributed by atoms with van der Waals surface area (Å²) in [6.07, 6.45) is 5.51. The summed E-state index contributed by atoms with van der Waals surface area (Å²) in [5, 5.41) is 0. The summed E-state index contributed by atoms with van der Waals surface area (Å²) < 4.78 is 10.9. The van der Waals surface area contributed by atoms with Crippen molar-refractivity contribution in [3.05, 3.63) is 35.9 Å². The van der Waals surface area contributed by atoms with Gasteiger partial charge in [0.15, 0.2) is 0 Å². The molecule has 0 heterocycles. The second kappa shape index (κ2) is 9.02. The SMILES string of the molecule is CC(C)(C)OC(=O)CC(CC1CCCC1)C(=O)OCc1ccccc1. The molecule has 1 aromatic rings. The van der Waals surface area contributed by atoms with Crippen molar-refractivity contribution in [1.29, 1.82) is 0 Å². The van der Waals surface area contributed by atoms with Gasteiger partial charge in [0.05, 0.1) is 12.3 Å². The predicted molar refractivity (Wildman–Crippen MR) is 96.8 cm³/mol. The lowest BCUT2D eigenvalue weighted by molar-refractivity contribution is -0.162. The van der Waals surface area contributed by atoms with Gasteiger partial charge in [-0.1, -0.05) is 56.0 Å². The van der Waals surface area contributed by atoms with Gasteiger partial charge in [-0.3, -0.25) is 9.59 Å². The Bertz CT molecular complexity index is 553. The molecule has 1 atom stereocenters. The van der Waals surface area contributed by atoms with E-state index >= 15 is 0 Å². The lowest BCUT2D eigenvalue weighted by atomic mass is 9.91. The summed E-state index contributed by atoms with van der Waals surface area (Å²) in [7, 11) is 0. The van der Waals surface area contributed by atoms with Gasteiger partial charge in [-0.05, 0) is 38.7 Å². The summed E-state index contributed by atoms with van der Waals surface area (Å²) in [5.74, 6) is -0.521. The third-order valence-corrected chi connectivity index (χ3v) is 4.48. The Morgan fingerprint density at radius 2 is 1.76 bits per heavy atom. The number of hydrogen-bond acceptors (Lipinski definition) is 4. The van der Waals surface area contributed by atoms with Crippen molar-refractivity contribution in [3.8, 4) is 0 Å². The van der Waals surface area contributed by atoms with E-state index in [1.807, 2.05) is 51.1 Å². The van der Waals surface area contributed by atoms with Crippen LogP contribution in [0.5, 0.6) is 0 Å². The molecule has 0 aromatic heterocycles. The van der Waals surface area contributed by atoms with Crippen LogP contribution in [0.1, 0.15) is 64.9 Å². The van der Waals surface area contributed by atoms with Crippen molar-refractivity contribution >= 4 is 11.9 Å². The molecule has 1 aliphatic carbocycles. The highest BCUT2D eigenvalue weighted by molar-refractivity contribution is 5.80. The van der Waals surface area contributed by atoms with Crippen LogP contribution in [0, 0.1) is 11.8 Å². The number of hydrogen-bond donors (Lipinski definition) is 0. The topological polar surface area (TPSA) is 52.6 Å². The van der Waals surface area contributed by atoms with Gasteiger partial charge in [0.2, 0.25) is 0 Å². The molecule has 4 nitrogen and oxygen atoms in total. The van der Waals surface area contributed by atoms with Gasteiger partial charge in [0, 0.05) is 0 Å². The summed E-state index contributed by atoms with van der Waals surface area (Å²) in [5.41, 5.74) is 0.413. The van der Waals surface area contributed by atoms with Crippen LogP contribution in [0.25, 0.3) is 0 Å². The molecule has 1 fully saturated rings. The molecule has 138 valence electrons. The fraction of sp³-hybridized carbons (Fsp3) is 0.619. The zero-order valence-electron chi connectivity index (χ0n) is 15.6. The average molecular weight is 346 g/mol. The van der Waals surface area contributed by atoms with Crippen LogP contribution in [-0.2, 0) is 25.7 Å². The maximum absolute atomic E-state index is 12.6. The lowest BCUT2D eigenvalue weighted by Gasteiger charge is -2.23. The van der Waals surface area contributed by atoms with Gasteiger partial charge >= 0.3 is 11.9 Å². The fourth-order valence-corrected chi connectivity index (χ4v) is 3.34. The van der Waals surface area contributed by atoms with E-state index in [-0.39, 0.29) is 25.0 Å². The van der Waals surface area contributed by atoms with Crippen LogP contribution in [-0.4, -0.2) is 17.5 Å². The van der Waals surface area contributed by atoms with Crippen molar-refractivity contribution in [2.75, 3.05) is 0 Å². The predicted octanol–water partition coefficient (Wildman–Crippen LogP) is 4.66. The smallest absolute Gasteiger partial charge is 0.309 e. The molecule has 0 N–H and O–H groups in total. The maximum Gasteiger partial charge on any atom is 0.309 e. The second-order valence-electron chi connectivity index (χ2n) is 7.97. The third-order valence-electron chi connectivity index (χ3n) is 4.48. The molecular weight excluding hydrogens is 316 g/mol. The highest BCUT2D eigenvalue weighted by Crippen LogP contribution is 2.32. The standard InChI is InChI=1S/C21H30O4/c1-21(2,3)25-19(22)14-18(13-16-9-7-8-10-16)20(23)24-15-17-11-5-4-6-12-17/h4-6,11-12,16,18H,7-10,13-15H2,1-3H3. The molecule has 0 bridgehead atoms. The number of rotatable bonds is 7. The molecule has 4 heteroatoms. The van der Waals surface area contributed by atoms with E-state index in [0.29, 0.717) is 12.3 Å². The lowest BCUT2D eigenvalue weighted by Crippen LogP contribution is -2.29. The van der Waals surface area contributed by atoms with Crippen LogP contribution in [0.4, 0.5) is 0 Å². The minimum Gasteiger partial charge on any atom is -0.461 e. The fourth-order valence-electron chi connectivity index (χ4n) is 3.34. The molecule has 25 heavy (non-hydrogen) atoms. The molecular formula is C21H30O4. The normalized spacial score (nSPS) is 16.4. The largest absolute Gasteiger partial charge is 0.461 e. The van der Waals surface area contributed by atoms with Gasteiger partial charge in [-0.15, -0.1) is 0 Å². The van der Waals surface area contributed by atoms with Crippen LogP contribution < -0.4 is 0 Å². The van der Waals surface area contributed by atoms with Crippen molar-refractivity contribution in [2.24, 2.45) is 11.8 Å². The molecule has 1 saturated carbocycles. The van der Waals surface area contributed by atoms with Crippen molar-refractivity contribution in [2.45, 2.75) is 71.5 Å². The second-order valence-corrected chi connectivity index (χ2v) is 7.97. The Labute approximate surface area is 150 Å². The summed E-state index contributed by atoms with van der Waals surface area (Å²) in [4.78, 5) is 24.8. The molecule has 0 aliphatic heterocycles. The summed E-state index contributed by atoms with van der Waals surface area (Å²) in [6, 6.07) is 9.61. The van der Waals surface area contributed by atoms with Crippen LogP contribution in [0.3, 0.4) is 0 Å². The van der Waals surface area contributed by atoms with Crippen LogP contribution in [0.2, 0.25) is 0 Å². The van der Waals surface area contributed by atoms with E-state index in [9.17, 15) is 9.59 Å². The summed E-state index contributed by atoms with van der Waals surface area (Å²) >= 11 is 0. The van der Waals surface area contributed by atoms with E-state index in [1.165, 1.54) is 12.8 Å². The van der Waals surface area contributed by atoms with E-state index in [4.69, 9.17) is 9.47 Å². The minimum absolute atomic E-state index is 0.0986. The molecule has 0 saturated heterocycles. The maximum atomic E-state index is 12.6. The van der Waals surface area contributed by atoms with E-state index in [1.54, 1.807) is 0 Å². The number of ether oxygens (including phenoxy) is 2. The Hall–Kier alpha value is -1.84. The average Bonchev–Trinajstić information content (AvgIpc) is 3.04. The van der Waals surface area contributed by atoms with Gasteiger partial charge < -0.3 is 9.47 Å². The van der Waals surface area contributed by atoms with Gasteiger partial charge in [-0.2, -0.15) is 0 Å². The molecule has 1 aliphatic rings. The van der Waals surface area contributed by atoms with E-state index < -0.39 is 11.5 Å². The molecule has 2 rings (SSSR count). The highest BCUT2D eigenvalue weighted by atomic mass is 16.6. The first kappa shape index (κ1) is 19.5. The Kier molecular flexibility index (Phi) is 7.03. The van der Waals surface area contributed by atoms with Crippen molar-refractivity contribution < 1.29 is 19.1 Å². The first-order chi connectivity index (χ1) is 11.8. The van der Waals surface area contributed by atoms with Gasteiger partial charge in [0.1, 0.15) is 12.2 Å². The van der Waals surface area contributed by atoms with Crippen LogP contribution in [0.15, 0.2) is 30.3 Å². The summed E-state index contributed by atoms with van der Waals surface area (Å²) in [6.45, 7) is 5.76. The van der Waals surface area contributed by atoms with Gasteiger partial charge in [-0.25, -0.2) is 0 Å². The number of esters is 2. The molecule has 0 amide bonds. The van der Waals surface area contributed by atoms with E-state index in [2.05, 4.69) is 0 Å². The van der Waals surface area contributed by atoms with E-state index in [0.717, 1.165) is 18.4 Å². The zero-order chi connectivity index (χ0) is 18.3. The quantitative estimate of drug-likeness (QED) is 0.674. The molecule has 0 radical (unpaired) electrons. The number of carbonyl (C=O) groups is 2. The Morgan fingerprint density at radius 1 is 1.12 bits per heavy atom. The molecule has 1 aromatic carbocycles. The molecule has 1 unspecified atom stereocenters. The first-order valence-electron chi connectivity index (χ1n) is 9.26. The first-order valence-corrected chi connectivity index (χ1v) is 9.26.